The standard InChI is InChI=1S/C16H22N2S2.2C10H12.2C3H9N.2C2H6N2.8C2H6.2CH3/c1-3-9-17(10-4-1)13-7-15-19-20-16-8-14-18-11-5-2-6-12-18;2*1-2-6-10-8-4-3-7-9(10)5-1;2*1-4(2)3;2*1-3-4-2;8*1-2;;/h1-6,9-12H,7-8,13-16H2;2*1-2,5-6H,3-4,7-8H2;2*1-3H3;2*1-2H3;8*1-2H3;2*1H3/q+2;;;;;;;;;;;;;;;2*-1. The van der Waals surface area contributed by atoms with E-state index < -0.39 is 0 Å². The predicted molar refractivity (Wildman–Crippen MR) is 350 cm³/mol. The van der Waals surface area contributed by atoms with Crippen LogP contribution in [0.1, 0.15) is 172 Å². The third kappa shape index (κ3) is 82.6. The van der Waals surface area contributed by atoms with Crippen LogP contribution in [0.5, 0.6) is 0 Å². The molecule has 0 amide bonds. The second-order valence-corrected chi connectivity index (χ2v) is 16.7. The van der Waals surface area contributed by atoms with E-state index in [1.807, 2.05) is 184 Å². The van der Waals surface area contributed by atoms with E-state index in [2.05, 4.69) is 139 Å². The van der Waals surface area contributed by atoms with Gasteiger partial charge in [-0.3, -0.25) is 0 Å². The quantitative estimate of drug-likeness (QED) is 0.0551. The molecule has 0 saturated heterocycles. The fourth-order valence-electron chi connectivity index (χ4n) is 5.25. The van der Waals surface area contributed by atoms with Crippen LogP contribution in [0.2, 0.25) is 0 Å². The molecule has 0 N–H and O–H groups in total. The summed E-state index contributed by atoms with van der Waals surface area (Å²) >= 11 is 0. The van der Waals surface area contributed by atoms with Gasteiger partial charge in [-0.25, -0.2) is 9.13 Å². The fourth-order valence-corrected chi connectivity index (χ4v) is 7.39. The lowest BCUT2D eigenvalue weighted by Crippen LogP contribution is -2.32. The summed E-state index contributed by atoms with van der Waals surface area (Å²) in [4.78, 5) is 4.00. The number of aromatic nitrogens is 2. The van der Waals surface area contributed by atoms with Crippen LogP contribution in [-0.2, 0) is 38.8 Å². The molecule has 2 heterocycles. The Morgan fingerprint density at radius 2 is 0.541 bits per heavy atom. The highest BCUT2D eigenvalue weighted by Crippen LogP contribution is 2.23. The minimum Gasteiger partial charge on any atom is -0.358 e. The lowest BCUT2D eigenvalue weighted by molar-refractivity contribution is -0.697. The first-order valence-corrected chi connectivity index (χ1v) is 30.5. The molecule has 0 bridgehead atoms. The molecule has 2 aliphatic rings. The first-order valence-electron chi connectivity index (χ1n) is 28.0. The molecule has 10 heteroatoms. The van der Waals surface area contributed by atoms with Crippen LogP contribution >= 0.6 is 21.6 Å². The Hall–Kier alpha value is -3.44. The Balaban J connectivity index is -0.0000000711. The zero-order valence-corrected chi connectivity index (χ0v) is 56.3. The van der Waals surface area contributed by atoms with Crippen molar-refractivity contribution in [3.05, 3.63) is 147 Å². The van der Waals surface area contributed by atoms with E-state index in [4.69, 9.17) is 0 Å². The second-order valence-electron chi connectivity index (χ2n) is 14.0. The Labute approximate surface area is 475 Å². The lowest BCUT2D eigenvalue weighted by Gasteiger charge is -2.13. The number of azo groups is 2. The summed E-state index contributed by atoms with van der Waals surface area (Å²) in [7, 11) is 22.6. The molecule has 8 nitrogen and oxygen atoms in total. The van der Waals surface area contributed by atoms with Gasteiger partial charge in [0.2, 0.25) is 0 Å². The number of hydrogen-bond donors (Lipinski definition) is 0. The molecule has 4 aromatic rings. The van der Waals surface area contributed by atoms with Crippen molar-refractivity contribution in [1.29, 1.82) is 0 Å². The van der Waals surface area contributed by atoms with Crippen LogP contribution in [0.3, 0.4) is 0 Å². The molecule has 0 fully saturated rings. The third-order valence-electron chi connectivity index (χ3n) is 7.85. The molecule has 2 aromatic heterocycles. The van der Waals surface area contributed by atoms with Crippen molar-refractivity contribution < 1.29 is 9.13 Å². The van der Waals surface area contributed by atoms with Gasteiger partial charge in [0, 0.05) is 76.8 Å². The average Bonchev–Trinajstić information content (AvgIpc) is 3.46. The van der Waals surface area contributed by atoms with Gasteiger partial charge >= 0.3 is 0 Å². The van der Waals surface area contributed by atoms with Crippen LogP contribution in [0, 0.1) is 14.9 Å². The van der Waals surface area contributed by atoms with E-state index in [0.717, 1.165) is 13.1 Å². The summed E-state index contributed by atoms with van der Waals surface area (Å²) in [6, 6.07) is 30.1. The predicted octanol–water partition coefficient (Wildman–Crippen LogP) is 19.1. The maximum atomic E-state index is 3.36. The Bertz CT molecular complexity index is 1310. The smallest absolute Gasteiger partial charge is 0.168 e. The number of hydrogen-bond acceptors (Lipinski definition) is 8. The topological polar surface area (TPSA) is 63.7 Å². The molecule has 74 heavy (non-hydrogen) atoms. The van der Waals surface area contributed by atoms with E-state index >= 15 is 0 Å². The summed E-state index contributed by atoms with van der Waals surface area (Å²) in [5, 5.41) is 13.4. The molecule has 438 valence electrons. The van der Waals surface area contributed by atoms with E-state index in [1.165, 1.54) is 75.7 Å². The number of benzene rings is 2. The first kappa shape index (κ1) is 96.2. The van der Waals surface area contributed by atoms with Crippen molar-refractivity contribution >= 4 is 21.6 Å². The van der Waals surface area contributed by atoms with Gasteiger partial charge in [-0.15, -0.1) is 0 Å². The summed E-state index contributed by atoms with van der Waals surface area (Å²) in [5.74, 6) is 2.45. The van der Waals surface area contributed by atoms with Gasteiger partial charge in [0.15, 0.2) is 24.8 Å². The Morgan fingerprint density at radius 3 is 0.716 bits per heavy atom. The van der Waals surface area contributed by atoms with Crippen molar-refractivity contribution in [3.8, 4) is 0 Å². The first-order chi connectivity index (χ1) is 35.2. The van der Waals surface area contributed by atoms with Gasteiger partial charge in [0.1, 0.15) is 13.1 Å². The third-order valence-corrected chi connectivity index (χ3v) is 10.4. The van der Waals surface area contributed by atoms with E-state index in [1.54, 1.807) is 50.4 Å². The maximum absolute atomic E-state index is 3.36. The zero-order chi connectivity index (χ0) is 57.5. The summed E-state index contributed by atoms with van der Waals surface area (Å²) < 4.78 is 4.49. The molecular formula is C64H130N8S2. The van der Waals surface area contributed by atoms with Gasteiger partial charge in [0.25, 0.3) is 0 Å². The van der Waals surface area contributed by atoms with Crippen molar-refractivity contribution in [2.75, 3.05) is 82.0 Å². The highest BCUT2D eigenvalue weighted by atomic mass is 33.1. The number of pyridine rings is 2. The van der Waals surface area contributed by atoms with Crippen molar-refractivity contribution in [1.82, 2.24) is 9.80 Å². The lowest BCUT2D eigenvalue weighted by atomic mass is 9.92. The average molecular weight is 1080 g/mol. The van der Waals surface area contributed by atoms with Gasteiger partial charge in [-0.1, -0.05) is 193 Å². The summed E-state index contributed by atoms with van der Waals surface area (Å²) in [6.07, 6.45) is 21.8. The van der Waals surface area contributed by atoms with Crippen LogP contribution in [0.15, 0.2) is 130 Å². The molecule has 2 aliphatic carbocycles. The normalized spacial score (nSPS) is 9.95. The highest BCUT2D eigenvalue weighted by Gasteiger charge is 2.07. The van der Waals surface area contributed by atoms with E-state index in [9.17, 15) is 0 Å². The van der Waals surface area contributed by atoms with Gasteiger partial charge < -0.3 is 24.7 Å². The second kappa shape index (κ2) is 95.3. The molecule has 0 radical (unpaired) electrons. The molecule has 0 saturated carbocycles. The van der Waals surface area contributed by atoms with Gasteiger partial charge in [-0.05, 0) is 116 Å². The summed E-state index contributed by atoms with van der Waals surface area (Å²) in [5.41, 5.74) is 6.31. The molecule has 0 unspecified atom stereocenters. The van der Waals surface area contributed by atoms with E-state index in [-0.39, 0.29) is 14.9 Å². The van der Waals surface area contributed by atoms with Crippen LogP contribution in [0.4, 0.5) is 0 Å². The largest absolute Gasteiger partial charge is 0.358 e. The van der Waals surface area contributed by atoms with Gasteiger partial charge in [-0.2, -0.15) is 20.5 Å². The molecule has 0 atom stereocenters. The molecular weight excluding hydrogens is 945 g/mol. The van der Waals surface area contributed by atoms with Crippen LogP contribution < -0.4 is 9.13 Å². The van der Waals surface area contributed by atoms with Crippen molar-refractivity contribution in [3.63, 3.8) is 0 Å². The molecule has 2 aromatic carbocycles. The number of aryl methyl sites for hydroxylation is 6. The number of fused-ring (bicyclic) bond motifs is 2. The van der Waals surface area contributed by atoms with Crippen molar-refractivity contribution in [2.24, 2.45) is 20.5 Å². The van der Waals surface area contributed by atoms with E-state index in [0.29, 0.717) is 0 Å². The Morgan fingerprint density at radius 1 is 0.351 bits per heavy atom. The molecule has 0 spiro atoms. The maximum Gasteiger partial charge on any atom is 0.168 e. The summed E-state index contributed by atoms with van der Waals surface area (Å²) in [6.45, 7) is 34.2. The molecule has 0 aliphatic heterocycles. The molecule has 6 rings (SSSR count). The Kier molecular flexibility index (Phi) is 124. The fraction of sp³-hybridized carbons (Fsp3) is 0.625. The van der Waals surface area contributed by atoms with Crippen LogP contribution in [0.25, 0.3) is 0 Å². The number of nitrogens with zero attached hydrogens (tertiary/aromatic N) is 8. The minimum absolute atomic E-state index is 0. The highest BCUT2D eigenvalue weighted by molar-refractivity contribution is 8.76. The van der Waals surface area contributed by atoms with Gasteiger partial charge in [0.05, 0.1) is 0 Å². The zero-order valence-electron chi connectivity index (χ0n) is 54.7. The monoisotopic (exact) mass is 1070 g/mol. The van der Waals surface area contributed by atoms with Crippen molar-refractivity contribution in [2.45, 2.75) is 188 Å². The minimum atomic E-state index is 0. The van der Waals surface area contributed by atoms with Crippen LogP contribution in [-0.4, -0.2) is 91.8 Å². The number of rotatable bonds is 9. The SMILES string of the molecule is CC.CC.CC.CC.CC.CC.CC.CC.CN(C)C.CN(C)C.CN=NC.CN=NC.[CH3-].[CH3-].c1cc[n+](CCCSSCCC[n+]2ccccc2)cc1.c1ccc2c(c1)CCCC2.c1ccc2c(c1)CCCC2.